The van der Waals surface area contributed by atoms with Crippen molar-refractivity contribution in [3.05, 3.63) is 60.1 Å². The molecule has 1 amide bonds. The van der Waals surface area contributed by atoms with Gasteiger partial charge >= 0.3 is 5.97 Å². The Bertz CT molecular complexity index is 1290. The lowest BCUT2D eigenvalue weighted by Crippen LogP contribution is -2.36. The Morgan fingerprint density at radius 3 is 2.87 bits per heavy atom. The first-order chi connectivity index (χ1) is 15.0. The van der Waals surface area contributed by atoms with Crippen molar-refractivity contribution in [2.45, 2.75) is 13.5 Å². The van der Waals surface area contributed by atoms with E-state index in [0.717, 1.165) is 16.9 Å². The molecule has 160 valence electrons. The number of nitrogens with zero attached hydrogens (tertiary/aromatic N) is 1. The fraction of sp³-hybridized carbons (Fsp3) is 0.190. The van der Waals surface area contributed by atoms with E-state index in [1.54, 1.807) is 31.2 Å². The summed E-state index contributed by atoms with van der Waals surface area (Å²) in [4.78, 5) is 37.6. The molecule has 3 heterocycles. The second-order valence-electron chi connectivity index (χ2n) is 6.41. The molecule has 1 aliphatic heterocycles. The SMILES string of the molecule is CCOC(=O)C=c1sc(=Cc2ccsc2)c(=O)n1CC(=O)Nc1ccc2c(c1)OCO2. The average Bonchev–Trinajstić information content (AvgIpc) is 3.46. The van der Waals surface area contributed by atoms with Crippen LogP contribution in [0.25, 0.3) is 12.2 Å². The number of thiophene rings is 1. The Kier molecular flexibility index (Phi) is 6.19. The maximum atomic E-state index is 13.0. The van der Waals surface area contributed by atoms with Crippen LogP contribution in [0.3, 0.4) is 0 Å². The standard InChI is InChI=1S/C21H18N2O6S2/c1-2-27-20(25)9-19-23(21(26)17(31-19)7-13-5-6-30-11-13)10-18(24)22-14-3-4-15-16(8-14)29-12-28-15/h3-9,11H,2,10,12H2,1H3,(H,22,24). The van der Waals surface area contributed by atoms with Crippen molar-refractivity contribution in [1.29, 1.82) is 0 Å². The van der Waals surface area contributed by atoms with Gasteiger partial charge in [-0.1, -0.05) is 0 Å². The van der Waals surface area contributed by atoms with Crippen molar-refractivity contribution in [2.75, 3.05) is 18.7 Å². The zero-order chi connectivity index (χ0) is 21.8. The molecule has 4 rings (SSSR count). The van der Waals surface area contributed by atoms with Gasteiger partial charge in [0.05, 0.1) is 17.2 Å². The van der Waals surface area contributed by atoms with E-state index in [-0.39, 0.29) is 25.5 Å². The summed E-state index contributed by atoms with van der Waals surface area (Å²) in [6.45, 7) is 1.78. The van der Waals surface area contributed by atoms with Gasteiger partial charge in [0, 0.05) is 11.8 Å². The number of carbonyl (C=O) groups excluding carboxylic acids is 2. The summed E-state index contributed by atoms with van der Waals surface area (Å²) in [6.07, 6.45) is 2.96. The molecule has 0 unspecified atom stereocenters. The average molecular weight is 459 g/mol. The highest BCUT2D eigenvalue weighted by Crippen LogP contribution is 2.34. The van der Waals surface area contributed by atoms with Crippen molar-refractivity contribution in [3.63, 3.8) is 0 Å². The lowest BCUT2D eigenvalue weighted by Gasteiger charge is -2.07. The number of benzene rings is 1. The number of ether oxygens (including phenoxy) is 3. The molecule has 3 aromatic rings. The highest BCUT2D eigenvalue weighted by molar-refractivity contribution is 7.08. The number of hydrogen-bond acceptors (Lipinski definition) is 8. The molecule has 1 N–H and O–H groups in total. The first-order valence-electron chi connectivity index (χ1n) is 9.35. The molecule has 0 saturated carbocycles. The van der Waals surface area contributed by atoms with Crippen LogP contribution in [0.15, 0.2) is 39.8 Å². The van der Waals surface area contributed by atoms with Crippen LogP contribution in [-0.4, -0.2) is 29.8 Å². The van der Waals surface area contributed by atoms with Crippen molar-refractivity contribution < 1.29 is 23.8 Å². The molecule has 31 heavy (non-hydrogen) atoms. The van der Waals surface area contributed by atoms with E-state index in [1.807, 2.05) is 16.8 Å². The van der Waals surface area contributed by atoms with Gasteiger partial charge in [-0.25, -0.2) is 4.79 Å². The lowest BCUT2D eigenvalue weighted by atomic mass is 10.3. The Hall–Kier alpha value is -3.37. The van der Waals surface area contributed by atoms with Gasteiger partial charge in [0.1, 0.15) is 11.2 Å². The molecule has 0 aliphatic carbocycles. The normalized spacial score (nSPS) is 13.5. The summed E-state index contributed by atoms with van der Waals surface area (Å²) in [5, 5.41) is 6.55. The lowest BCUT2D eigenvalue weighted by molar-refractivity contribution is -0.135. The van der Waals surface area contributed by atoms with E-state index in [2.05, 4.69) is 5.32 Å². The van der Waals surface area contributed by atoms with Gasteiger partial charge in [-0.15, -0.1) is 11.3 Å². The smallest absolute Gasteiger partial charge is 0.333 e. The fourth-order valence-electron chi connectivity index (χ4n) is 2.90. The number of rotatable bonds is 6. The molecular formula is C21H18N2O6S2. The first kappa shape index (κ1) is 20.9. The van der Waals surface area contributed by atoms with Crippen LogP contribution in [-0.2, 0) is 20.9 Å². The number of anilines is 1. The summed E-state index contributed by atoms with van der Waals surface area (Å²) < 4.78 is 17.6. The molecule has 8 nitrogen and oxygen atoms in total. The summed E-state index contributed by atoms with van der Waals surface area (Å²) in [5.74, 6) is 0.150. The van der Waals surface area contributed by atoms with Crippen LogP contribution in [0.5, 0.6) is 11.5 Å². The second-order valence-corrected chi connectivity index (χ2v) is 8.25. The zero-order valence-corrected chi connectivity index (χ0v) is 18.1. The topological polar surface area (TPSA) is 95.9 Å². The molecule has 1 aliphatic rings. The van der Waals surface area contributed by atoms with Gasteiger partial charge in [0.2, 0.25) is 12.7 Å². The van der Waals surface area contributed by atoms with E-state index in [0.29, 0.717) is 26.4 Å². The Morgan fingerprint density at radius 1 is 1.26 bits per heavy atom. The second kappa shape index (κ2) is 9.19. The minimum absolute atomic E-state index is 0.132. The van der Waals surface area contributed by atoms with Crippen LogP contribution in [0, 0.1) is 0 Å². The van der Waals surface area contributed by atoms with Crippen molar-refractivity contribution in [3.8, 4) is 11.5 Å². The molecular weight excluding hydrogens is 440 g/mol. The van der Waals surface area contributed by atoms with Crippen LogP contribution < -0.4 is 29.5 Å². The summed E-state index contributed by atoms with van der Waals surface area (Å²) >= 11 is 2.64. The molecule has 1 aromatic carbocycles. The number of amides is 1. The third kappa shape index (κ3) is 4.86. The highest BCUT2D eigenvalue weighted by atomic mass is 32.1. The largest absolute Gasteiger partial charge is 0.463 e. The molecule has 0 bridgehead atoms. The van der Waals surface area contributed by atoms with Gasteiger partial charge in [-0.2, -0.15) is 11.3 Å². The minimum atomic E-state index is -0.573. The molecule has 0 saturated heterocycles. The number of carbonyl (C=O) groups is 2. The predicted molar refractivity (Wildman–Crippen MR) is 118 cm³/mol. The van der Waals surface area contributed by atoms with Gasteiger partial charge in [0.25, 0.3) is 5.56 Å². The fourth-order valence-corrected chi connectivity index (χ4v) is 4.55. The third-order valence-corrected chi connectivity index (χ3v) is 6.02. The maximum Gasteiger partial charge on any atom is 0.333 e. The molecule has 0 spiro atoms. The quantitative estimate of drug-likeness (QED) is 0.563. The Balaban J connectivity index is 1.64. The number of esters is 1. The van der Waals surface area contributed by atoms with Crippen molar-refractivity contribution in [1.82, 2.24) is 4.57 Å². The minimum Gasteiger partial charge on any atom is -0.463 e. The molecule has 0 radical (unpaired) electrons. The predicted octanol–water partition coefficient (Wildman–Crippen LogP) is 1.51. The number of nitrogens with one attached hydrogen (secondary N) is 1. The monoisotopic (exact) mass is 458 g/mol. The van der Waals surface area contributed by atoms with Crippen LogP contribution in [0.2, 0.25) is 0 Å². The van der Waals surface area contributed by atoms with E-state index in [4.69, 9.17) is 14.2 Å². The van der Waals surface area contributed by atoms with Crippen LogP contribution >= 0.6 is 22.7 Å². The maximum absolute atomic E-state index is 13.0. The molecule has 2 aromatic heterocycles. The number of thiazole rings is 1. The summed E-state index contributed by atoms with van der Waals surface area (Å²) in [7, 11) is 0. The summed E-state index contributed by atoms with van der Waals surface area (Å²) in [6, 6.07) is 6.92. The van der Waals surface area contributed by atoms with E-state index in [1.165, 1.54) is 22.0 Å². The van der Waals surface area contributed by atoms with Gasteiger partial charge in [-0.3, -0.25) is 14.2 Å². The third-order valence-electron chi connectivity index (χ3n) is 4.26. The number of aromatic nitrogens is 1. The van der Waals surface area contributed by atoms with Crippen molar-refractivity contribution in [2.24, 2.45) is 0 Å². The highest BCUT2D eigenvalue weighted by Gasteiger charge is 2.15. The first-order valence-corrected chi connectivity index (χ1v) is 11.1. The molecule has 0 atom stereocenters. The van der Waals surface area contributed by atoms with Crippen LogP contribution in [0.4, 0.5) is 5.69 Å². The zero-order valence-electron chi connectivity index (χ0n) is 16.5. The van der Waals surface area contributed by atoms with E-state index >= 15 is 0 Å². The van der Waals surface area contributed by atoms with Gasteiger partial charge in [0.15, 0.2) is 11.5 Å². The van der Waals surface area contributed by atoms with Gasteiger partial charge < -0.3 is 19.5 Å². The molecule has 10 heteroatoms. The van der Waals surface area contributed by atoms with E-state index in [9.17, 15) is 14.4 Å². The van der Waals surface area contributed by atoms with Gasteiger partial charge in [-0.05, 0) is 47.5 Å². The molecule has 0 fully saturated rings. The Labute approximate surface area is 184 Å². The Morgan fingerprint density at radius 2 is 2.10 bits per heavy atom. The number of hydrogen-bond donors (Lipinski definition) is 1. The van der Waals surface area contributed by atoms with Crippen molar-refractivity contribution >= 4 is 52.4 Å². The number of fused-ring (bicyclic) bond motifs is 1. The summed E-state index contributed by atoms with van der Waals surface area (Å²) in [5.41, 5.74) is 1.04. The van der Waals surface area contributed by atoms with E-state index < -0.39 is 11.9 Å². The van der Waals surface area contributed by atoms with Crippen LogP contribution in [0.1, 0.15) is 12.5 Å².